The lowest BCUT2D eigenvalue weighted by Gasteiger charge is -2.09. The Kier molecular flexibility index (Phi) is 4.11. The quantitative estimate of drug-likeness (QED) is 0.374. The number of esters is 1. The van der Waals surface area contributed by atoms with Gasteiger partial charge in [-0.15, -0.1) is 0 Å². The topological polar surface area (TPSA) is 69.4 Å². The standard InChI is InChI=1S/C14H8F3NO4/c15-14(16,17)10-6-7-12(11(8-10)18(20)21)22-13(19)9-4-2-1-3-5-9/h1-8H. The largest absolute Gasteiger partial charge is 0.416 e. The molecule has 0 radical (unpaired) electrons. The van der Waals surface area contributed by atoms with Crippen LogP contribution in [0.15, 0.2) is 48.5 Å². The molecule has 0 aliphatic rings. The Hall–Kier alpha value is -2.90. The summed E-state index contributed by atoms with van der Waals surface area (Å²) in [5.41, 5.74) is -2.01. The Bertz CT molecular complexity index is 714. The molecule has 0 saturated heterocycles. The summed E-state index contributed by atoms with van der Waals surface area (Å²) in [4.78, 5) is 21.6. The van der Waals surface area contributed by atoms with Crippen LogP contribution in [0.4, 0.5) is 18.9 Å². The van der Waals surface area contributed by atoms with Gasteiger partial charge in [0.25, 0.3) is 0 Å². The zero-order chi connectivity index (χ0) is 16.3. The number of alkyl halides is 3. The Morgan fingerprint density at radius 1 is 1.09 bits per heavy atom. The Balaban J connectivity index is 2.35. The summed E-state index contributed by atoms with van der Waals surface area (Å²) < 4.78 is 42.5. The first-order valence-electron chi connectivity index (χ1n) is 5.92. The smallest absolute Gasteiger partial charge is 0.416 e. The summed E-state index contributed by atoms with van der Waals surface area (Å²) in [6.07, 6.45) is -4.73. The Labute approximate surface area is 122 Å². The maximum atomic E-state index is 12.6. The Morgan fingerprint density at radius 3 is 2.27 bits per heavy atom. The number of halogens is 3. The van der Waals surface area contributed by atoms with Crippen molar-refractivity contribution in [1.29, 1.82) is 0 Å². The second-order valence-corrected chi connectivity index (χ2v) is 4.19. The van der Waals surface area contributed by atoms with Gasteiger partial charge in [0.2, 0.25) is 5.75 Å². The molecule has 114 valence electrons. The van der Waals surface area contributed by atoms with Crippen LogP contribution < -0.4 is 4.74 Å². The van der Waals surface area contributed by atoms with E-state index in [0.29, 0.717) is 12.1 Å². The number of rotatable bonds is 3. The van der Waals surface area contributed by atoms with Crippen molar-refractivity contribution in [3.8, 4) is 5.75 Å². The highest BCUT2D eigenvalue weighted by Crippen LogP contribution is 2.36. The summed E-state index contributed by atoms with van der Waals surface area (Å²) in [6.45, 7) is 0. The van der Waals surface area contributed by atoms with E-state index in [2.05, 4.69) is 0 Å². The van der Waals surface area contributed by atoms with Crippen molar-refractivity contribution in [3.05, 3.63) is 69.8 Å². The number of ether oxygens (including phenoxy) is 1. The molecule has 8 heteroatoms. The number of nitrogens with zero attached hydrogens (tertiary/aromatic N) is 1. The zero-order valence-corrected chi connectivity index (χ0v) is 10.8. The first-order chi connectivity index (χ1) is 10.3. The first-order valence-corrected chi connectivity index (χ1v) is 5.92. The van der Waals surface area contributed by atoms with Crippen molar-refractivity contribution in [2.24, 2.45) is 0 Å². The van der Waals surface area contributed by atoms with E-state index in [1.165, 1.54) is 12.1 Å². The normalized spacial score (nSPS) is 11.0. The van der Waals surface area contributed by atoms with Gasteiger partial charge in [0.15, 0.2) is 0 Å². The van der Waals surface area contributed by atoms with Crippen LogP contribution in [0.1, 0.15) is 15.9 Å². The highest BCUT2D eigenvalue weighted by molar-refractivity contribution is 5.91. The molecule has 0 amide bonds. The fourth-order valence-corrected chi connectivity index (χ4v) is 1.66. The second kappa shape index (κ2) is 5.84. The van der Waals surface area contributed by atoms with Crippen LogP contribution in [0.5, 0.6) is 5.75 Å². The summed E-state index contributed by atoms with van der Waals surface area (Å²) in [6, 6.07) is 9.28. The van der Waals surface area contributed by atoms with E-state index in [1.54, 1.807) is 18.2 Å². The Morgan fingerprint density at radius 2 is 1.73 bits per heavy atom. The average Bonchev–Trinajstić information content (AvgIpc) is 2.47. The van der Waals surface area contributed by atoms with Gasteiger partial charge in [-0.25, -0.2) is 4.79 Å². The van der Waals surface area contributed by atoms with E-state index in [-0.39, 0.29) is 5.56 Å². The number of hydrogen-bond acceptors (Lipinski definition) is 4. The summed E-state index contributed by atoms with van der Waals surface area (Å²) in [5, 5.41) is 10.9. The van der Waals surface area contributed by atoms with Crippen molar-refractivity contribution in [2.45, 2.75) is 6.18 Å². The van der Waals surface area contributed by atoms with Gasteiger partial charge in [-0.05, 0) is 24.3 Å². The minimum absolute atomic E-state index is 0.122. The molecule has 0 fully saturated rings. The van der Waals surface area contributed by atoms with Gasteiger partial charge < -0.3 is 4.74 Å². The number of carbonyl (C=O) groups is 1. The molecule has 0 bridgehead atoms. The molecule has 0 N–H and O–H groups in total. The predicted molar refractivity (Wildman–Crippen MR) is 69.5 cm³/mol. The molecular formula is C14H8F3NO4. The lowest BCUT2D eigenvalue weighted by Crippen LogP contribution is -2.11. The van der Waals surface area contributed by atoms with Crippen LogP contribution in [0.2, 0.25) is 0 Å². The second-order valence-electron chi connectivity index (χ2n) is 4.19. The molecule has 0 aromatic heterocycles. The molecule has 0 unspecified atom stereocenters. The van der Waals surface area contributed by atoms with Crippen LogP contribution in [-0.4, -0.2) is 10.9 Å². The number of hydrogen-bond donors (Lipinski definition) is 0. The van der Waals surface area contributed by atoms with E-state index in [4.69, 9.17) is 4.74 Å². The van der Waals surface area contributed by atoms with Gasteiger partial charge in [0, 0.05) is 6.07 Å². The minimum atomic E-state index is -4.73. The van der Waals surface area contributed by atoms with Crippen molar-refractivity contribution in [1.82, 2.24) is 0 Å². The molecule has 2 aromatic carbocycles. The molecule has 22 heavy (non-hydrogen) atoms. The van der Waals surface area contributed by atoms with E-state index >= 15 is 0 Å². The van der Waals surface area contributed by atoms with E-state index in [0.717, 1.165) is 6.07 Å². The molecule has 0 heterocycles. The summed E-state index contributed by atoms with van der Waals surface area (Å²) >= 11 is 0. The number of benzene rings is 2. The van der Waals surface area contributed by atoms with E-state index < -0.39 is 34.1 Å². The van der Waals surface area contributed by atoms with Crippen molar-refractivity contribution >= 4 is 11.7 Å². The van der Waals surface area contributed by atoms with Crippen LogP contribution in [0.3, 0.4) is 0 Å². The molecule has 2 rings (SSSR count). The van der Waals surface area contributed by atoms with Crippen LogP contribution in [-0.2, 0) is 6.18 Å². The van der Waals surface area contributed by atoms with Gasteiger partial charge in [-0.1, -0.05) is 18.2 Å². The third-order valence-corrected chi connectivity index (χ3v) is 2.70. The number of carbonyl (C=O) groups excluding carboxylic acids is 1. The average molecular weight is 311 g/mol. The zero-order valence-electron chi connectivity index (χ0n) is 10.8. The summed E-state index contributed by atoms with van der Waals surface area (Å²) in [5.74, 6) is -1.45. The van der Waals surface area contributed by atoms with Gasteiger partial charge >= 0.3 is 17.8 Å². The SMILES string of the molecule is O=C(Oc1ccc(C(F)(F)F)cc1[N+](=O)[O-])c1ccccc1. The highest BCUT2D eigenvalue weighted by Gasteiger charge is 2.33. The maximum Gasteiger partial charge on any atom is 0.416 e. The lowest BCUT2D eigenvalue weighted by atomic mass is 10.2. The molecule has 5 nitrogen and oxygen atoms in total. The predicted octanol–water partition coefficient (Wildman–Crippen LogP) is 3.83. The molecule has 0 spiro atoms. The minimum Gasteiger partial charge on any atom is -0.416 e. The van der Waals surface area contributed by atoms with Gasteiger partial charge in [0.05, 0.1) is 16.1 Å². The fourth-order valence-electron chi connectivity index (χ4n) is 1.66. The molecule has 2 aromatic rings. The molecular weight excluding hydrogens is 303 g/mol. The van der Waals surface area contributed by atoms with Gasteiger partial charge in [-0.3, -0.25) is 10.1 Å². The maximum absolute atomic E-state index is 12.6. The third-order valence-electron chi connectivity index (χ3n) is 2.70. The fraction of sp³-hybridized carbons (Fsp3) is 0.0714. The van der Waals surface area contributed by atoms with E-state index in [9.17, 15) is 28.1 Å². The van der Waals surface area contributed by atoms with Crippen LogP contribution in [0.25, 0.3) is 0 Å². The molecule has 0 atom stereocenters. The van der Waals surface area contributed by atoms with Crippen molar-refractivity contribution < 1.29 is 27.6 Å². The number of nitro groups is 1. The van der Waals surface area contributed by atoms with Crippen molar-refractivity contribution in [3.63, 3.8) is 0 Å². The molecule has 0 aliphatic carbocycles. The molecule has 0 saturated carbocycles. The first kappa shape index (κ1) is 15.5. The number of nitro benzene ring substituents is 1. The van der Waals surface area contributed by atoms with Crippen LogP contribution in [0, 0.1) is 10.1 Å². The highest BCUT2D eigenvalue weighted by atomic mass is 19.4. The lowest BCUT2D eigenvalue weighted by molar-refractivity contribution is -0.385. The monoisotopic (exact) mass is 311 g/mol. The van der Waals surface area contributed by atoms with Gasteiger partial charge in [-0.2, -0.15) is 13.2 Å². The van der Waals surface area contributed by atoms with Crippen molar-refractivity contribution in [2.75, 3.05) is 0 Å². The molecule has 0 aliphatic heterocycles. The summed E-state index contributed by atoms with van der Waals surface area (Å²) in [7, 11) is 0. The van der Waals surface area contributed by atoms with E-state index in [1.807, 2.05) is 0 Å². The van der Waals surface area contributed by atoms with Crippen LogP contribution >= 0.6 is 0 Å². The van der Waals surface area contributed by atoms with Gasteiger partial charge in [0.1, 0.15) is 0 Å². The third kappa shape index (κ3) is 3.40.